The van der Waals surface area contributed by atoms with E-state index in [0.29, 0.717) is 11.3 Å². The molecule has 106 valence electrons. The Bertz CT molecular complexity index is 681. The van der Waals surface area contributed by atoms with Crippen LogP contribution < -0.4 is 16.0 Å². The van der Waals surface area contributed by atoms with Crippen LogP contribution in [0.4, 0.5) is 5.69 Å². The maximum atomic E-state index is 10.7. The number of hydrogen-bond donors (Lipinski definition) is 3. The summed E-state index contributed by atoms with van der Waals surface area (Å²) in [5.74, 6) is 0.245. The molecule has 1 aromatic rings. The third-order valence-corrected chi connectivity index (χ3v) is 3.13. The Kier molecular flexibility index (Phi) is 3.17. The third kappa shape index (κ3) is 2.37. The summed E-state index contributed by atoms with van der Waals surface area (Å²) in [6.07, 6.45) is 6.07. The summed E-state index contributed by atoms with van der Waals surface area (Å²) in [4.78, 5) is -0.448. The van der Waals surface area contributed by atoms with Gasteiger partial charge in [-0.25, -0.2) is 5.01 Å². The van der Waals surface area contributed by atoms with Gasteiger partial charge in [0, 0.05) is 17.7 Å². The van der Waals surface area contributed by atoms with Crippen LogP contribution in [0.25, 0.3) is 0 Å². The first-order chi connectivity index (χ1) is 10.2. The van der Waals surface area contributed by atoms with Crippen molar-refractivity contribution in [3.63, 3.8) is 0 Å². The maximum Gasteiger partial charge on any atom is 0.222 e. The highest BCUT2D eigenvalue weighted by Gasteiger charge is 2.25. The van der Waals surface area contributed by atoms with E-state index >= 15 is 0 Å². The Hall–Kier alpha value is -3.06. The van der Waals surface area contributed by atoms with E-state index in [1.165, 1.54) is 12.2 Å². The molecule has 0 atom stereocenters. The highest BCUT2D eigenvalue weighted by atomic mass is 16.8. The summed E-state index contributed by atoms with van der Waals surface area (Å²) in [6, 6.07) is 9.42. The monoisotopic (exact) mass is 282 g/mol. The van der Waals surface area contributed by atoms with Crippen molar-refractivity contribution in [3.05, 3.63) is 76.3 Å². The van der Waals surface area contributed by atoms with Crippen LogP contribution in [0.15, 0.2) is 65.9 Å². The molecule has 0 radical (unpaired) electrons. The van der Waals surface area contributed by atoms with Crippen LogP contribution >= 0.6 is 0 Å². The molecule has 7 nitrogen and oxygen atoms in total. The van der Waals surface area contributed by atoms with E-state index in [4.69, 9.17) is 5.41 Å². The lowest BCUT2D eigenvalue weighted by Crippen LogP contribution is -2.37. The summed E-state index contributed by atoms with van der Waals surface area (Å²) in [7, 11) is 0. The molecule has 7 heteroatoms. The van der Waals surface area contributed by atoms with E-state index in [9.17, 15) is 10.4 Å². The first kappa shape index (κ1) is 12.9. The normalized spacial score (nSPS) is 17.4. The van der Waals surface area contributed by atoms with Crippen LogP contribution in [0.2, 0.25) is 0 Å². The standard InChI is InChI=1S/C14H12N5O2/c15-14-13(10-6-8-12(9-7-10)19(20)21)16-17-18(14)11-4-2-1-3-5-11/h1-9,15-17H/q-1. The molecule has 3 rings (SSSR count). The van der Waals surface area contributed by atoms with Gasteiger partial charge < -0.3 is 10.4 Å². The number of anilines is 1. The number of nitrogens with one attached hydrogen (secondary N) is 3. The largest absolute Gasteiger partial charge is 0.612 e. The molecule has 1 aromatic carbocycles. The predicted molar refractivity (Wildman–Crippen MR) is 80.2 cm³/mol. The Morgan fingerprint density at radius 2 is 1.67 bits per heavy atom. The zero-order chi connectivity index (χ0) is 14.8. The molecular weight excluding hydrogens is 270 g/mol. The van der Waals surface area contributed by atoms with E-state index in [0.717, 1.165) is 5.69 Å². The molecule has 3 N–H and O–H groups in total. The molecule has 1 aliphatic heterocycles. The summed E-state index contributed by atoms with van der Waals surface area (Å²) in [5, 5.41) is 31.1. The molecular formula is C14H12N5O2-. The van der Waals surface area contributed by atoms with Gasteiger partial charge in [0.1, 0.15) is 5.70 Å². The SMILES string of the molecule is N=C1C(=C2C=CC(=[N+]([O-])[O-])C=C2)NNN1c1ccccc1. The average molecular weight is 282 g/mol. The van der Waals surface area contributed by atoms with E-state index in [1.807, 2.05) is 30.3 Å². The first-order valence-electron chi connectivity index (χ1n) is 6.24. The van der Waals surface area contributed by atoms with Gasteiger partial charge in [0.25, 0.3) is 0 Å². The molecule has 1 aliphatic carbocycles. The number of rotatable bonds is 1. The van der Waals surface area contributed by atoms with Crippen LogP contribution in [0.5, 0.6) is 0 Å². The van der Waals surface area contributed by atoms with Crippen molar-refractivity contribution in [2.45, 2.75) is 0 Å². The minimum Gasteiger partial charge on any atom is -0.612 e. The second kappa shape index (κ2) is 5.14. The van der Waals surface area contributed by atoms with Gasteiger partial charge in [0.15, 0.2) is 5.84 Å². The van der Waals surface area contributed by atoms with Crippen molar-refractivity contribution in [3.8, 4) is 0 Å². The van der Waals surface area contributed by atoms with E-state index in [-0.39, 0.29) is 11.5 Å². The van der Waals surface area contributed by atoms with Crippen LogP contribution in [0.3, 0.4) is 0 Å². The Balaban J connectivity index is 1.88. The van der Waals surface area contributed by atoms with Gasteiger partial charge in [-0.05, 0) is 24.3 Å². The molecule has 0 spiro atoms. The lowest BCUT2D eigenvalue weighted by molar-refractivity contribution is -0.377. The number of para-hydroxylation sites is 1. The quantitative estimate of drug-likeness (QED) is 0.533. The Morgan fingerprint density at radius 3 is 2.29 bits per heavy atom. The molecule has 21 heavy (non-hydrogen) atoms. The molecule has 0 aromatic heterocycles. The van der Waals surface area contributed by atoms with Gasteiger partial charge in [0.05, 0.1) is 5.69 Å². The van der Waals surface area contributed by atoms with Gasteiger partial charge in [-0.1, -0.05) is 18.2 Å². The summed E-state index contributed by atoms with van der Waals surface area (Å²) in [6.45, 7) is 0. The average Bonchev–Trinajstić information content (AvgIpc) is 2.90. The number of amidine groups is 1. The van der Waals surface area contributed by atoms with Crippen molar-refractivity contribution in [2.75, 3.05) is 5.01 Å². The van der Waals surface area contributed by atoms with Crippen molar-refractivity contribution in [2.24, 2.45) is 0 Å². The highest BCUT2D eigenvalue weighted by Crippen LogP contribution is 2.20. The zero-order valence-corrected chi connectivity index (χ0v) is 10.9. The third-order valence-electron chi connectivity index (χ3n) is 3.13. The van der Waals surface area contributed by atoms with Gasteiger partial charge >= 0.3 is 0 Å². The number of benzene rings is 1. The molecule has 0 unspecified atom stereocenters. The fraction of sp³-hybridized carbons (Fsp3) is 0. The van der Waals surface area contributed by atoms with E-state index in [1.54, 1.807) is 17.2 Å². The smallest absolute Gasteiger partial charge is 0.222 e. The van der Waals surface area contributed by atoms with Gasteiger partial charge in [0.2, 0.25) is 5.71 Å². The molecule has 1 saturated heterocycles. The summed E-state index contributed by atoms with van der Waals surface area (Å²) < 4.78 is 0. The van der Waals surface area contributed by atoms with E-state index < -0.39 is 4.90 Å². The fourth-order valence-electron chi connectivity index (χ4n) is 2.07. The predicted octanol–water partition coefficient (Wildman–Crippen LogP) is 1.32. The van der Waals surface area contributed by atoms with Crippen LogP contribution in [0.1, 0.15) is 0 Å². The lowest BCUT2D eigenvalue weighted by Gasteiger charge is -2.15. The van der Waals surface area contributed by atoms with Crippen molar-refractivity contribution < 1.29 is 4.90 Å². The van der Waals surface area contributed by atoms with Crippen molar-refractivity contribution in [1.29, 1.82) is 5.41 Å². The Labute approximate surface area is 120 Å². The molecule has 0 bridgehead atoms. The minimum atomic E-state index is -0.448. The highest BCUT2D eigenvalue weighted by molar-refractivity contribution is 6.10. The second-order valence-electron chi connectivity index (χ2n) is 4.44. The van der Waals surface area contributed by atoms with Crippen molar-refractivity contribution in [1.82, 2.24) is 11.0 Å². The number of hydrogen-bond acceptors (Lipinski definition) is 5. The molecule has 0 amide bonds. The first-order valence-corrected chi connectivity index (χ1v) is 6.24. The molecule has 0 saturated carbocycles. The minimum absolute atomic E-state index is 0.0248. The van der Waals surface area contributed by atoms with Crippen LogP contribution in [-0.4, -0.2) is 16.4 Å². The molecule has 2 aliphatic rings. The number of nitrogens with zero attached hydrogens (tertiary/aromatic N) is 2. The molecule has 1 heterocycles. The van der Waals surface area contributed by atoms with Crippen LogP contribution in [-0.2, 0) is 0 Å². The lowest BCUT2D eigenvalue weighted by atomic mass is 10.1. The van der Waals surface area contributed by atoms with Crippen molar-refractivity contribution >= 4 is 17.2 Å². The van der Waals surface area contributed by atoms with Crippen LogP contribution in [0, 0.1) is 15.8 Å². The zero-order valence-electron chi connectivity index (χ0n) is 10.9. The van der Waals surface area contributed by atoms with E-state index in [2.05, 4.69) is 11.0 Å². The van der Waals surface area contributed by atoms with Gasteiger partial charge in [-0.3, -0.25) is 10.8 Å². The van der Waals surface area contributed by atoms with Gasteiger partial charge in [-0.2, -0.15) is 4.90 Å². The topological polar surface area (TPSA) is 100 Å². The maximum absolute atomic E-state index is 10.7. The summed E-state index contributed by atoms with van der Waals surface area (Å²) in [5.41, 5.74) is 7.93. The number of hydrazine groups is 2. The second-order valence-corrected chi connectivity index (χ2v) is 4.44. The van der Waals surface area contributed by atoms with Gasteiger partial charge in [-0.15, -0.1) is 5.53 Å². The Morgan fingerprint density at radius 1 is 1.00 bits per heavy atom. The number of allylic oxidation sites excluding steroid dienone is 5. The fourth-order valence-corrected chi connectivity index (χ4v) is 2.07. The summed E-state index contributed by atoms with van der Waals surface area (Å²) >= 11 is 0. The molecule has 1 fully saturated rings.